The van der Waals surface area contributed by atoms with Crippen molar-refractivity contribution in [3.8, 4) is 28.7 Å². The van der Waals surface area contributed by atoms with E-state index in [2.05, 4.69) is 0 Å². The first-order valence-electron chi connectivity index (χ1n) is 11.7. The fourth-order valence-electron chi connectivity index (χ4n) is 3.67. The Kier molecular flexibility index (Phi) is 9.47. The van der Waals surface area contributed by atoms with Gasteiger partial charge in [0.2, 0.25) is 12.5 Å². The molecular formula is C25H32ClN3O6S. The van der Waals surface area contributed by atoms with Crippen molar-refractivity contribution in [2.45, 2.75) is 20.8 Å². The van der Waals surface area contributed by atoms with E-state index in [4.69, 9.17) is 28.7 Å². The van der Waals surface area contributed by atoms with E-state index in [0.29, 0.717) is 72.4 Å². The van der Waals surface area contributed by atoms with Gasteiger partial charge in [-0.25, -0.2) is 4.98 Å². The van der Waals surface area contributed by atoms with Gasteiger partial charge < -0.3 is 28.6 Å². The highest BCUT2D eigenvalue weighted by molar-refractivity contribution is 7.22. The molecule has 196 valence electrons. The molecule has 0 unspecified atom stereocenters. The van der Waals surface area contributed by atoms with Crippen LogP contribution in [0.2, 0.25) is 0 Å². The van der Waals surface area contributed by atoms with E-state index in [1.807, 2.05) is 51.9 Å². The maximum Gasteiger partial charge on any atom is 0.260 e. The minimum Gasteiger partial charge on any atom is -0.490 e. The number of ether oxygens (including phenoxy) is 5. The van der Waals surface area contributed by atoms with Gasteiger partial charge in [-0.1, -0.05) is 11.3 Å². The second kappa shape index (κ2) is 12.3. The van der Waals surface area contributed by atoms with Gasteiger partial charge in [-0.15, -0.1) is 12.4 Å². The number of amides is 1. The number of hydrogen-bond acceptors (Lipinski definition) is 9. The molecule has 1 amide bonds. The smallest absolute Gasteiger partial charge is 0.260 e. The predicted octanol–water partition coefficient (Wildman–Crippen LogP) is 4.85. The molecule has 11 heteroatoms. The van der Waals surface area contributed by atoms with Gasteiger partial charge in [0.15, 0.2) is 28.1 Å². The molecule has 0 spiro atoms. The first-order chi connectivity index (χ1) is 16.9. The minimum atomic E-state index is -0.198. The zero-order chi connectivity index (χ0) is 24.9. The third kappa shape index (κ3) is 5.88. The number of aromatic nitrogens is 1. The molecule has 0 bridgehead atoms. The fraction of sp³-hybridized carbons (Fsp3) is 0.440. The van der Waals surface area contributed by atoms with Gasteiger partial charge in [0.25, 0.3) is 5.91 Å². The fourth-order valence-corrected chi connectivity index (χ4v) is 4.67. The number of hydrogen-bond donors (Lipinski definition) is 0. The standard InChI is InChI=1S/C25H31N3O6S.ClH/c1-6-30-20-11-16(12-21(31-7-2)23(20)32-8-3)24(29)28(10-9-27(4)5)25-26-17-13-18-19(34-15-33-18)14-22(17)35-25;/h11-14H,6-10,15H2,1-5H3;1H. The summed E-state index contributed by atoms with van der Waals surface area (Å²) in [6, 6.07) is 7.19. The third-order valence-electron chi connectivity index (χ3n) is 5.27. The molecule has 1 aromatic heterocycles. The summed E-state index contributed by atoms with van der Waals surface area (Å²) in [6.45, 7) is 8.31. The van der Waals surface area contributed by atoms with Crippen molar-refractivity contribution in [1.82, 2.24) is 9.88 Å². The van der Waals surface area contributed by atoms with Crippen molar-refractivity contribution < 1.29 is 28.5 Å². The van der Waals surface area contributed by atoms with E-state index in [1.54, 1.807) is 17.0 Å². The van der Waals surface area contributed by atoms with Crippen LogP contribution < -0.4 is 28.6 Å². The normalized spacial score (nSPS) is 11.9. The van der Waals surface area contributed by atoms with Gasteiger partial charge in [-0.2, -0.15) is 0 Å². The van der Waals surface area contributed by atoms with Crippen LogP contribution in [-0.2, 0) is 0 Å². The summed E-state index contributed by atoms with van der Waals surface area (Å²) in [5.74, 6) is 2.61. The number of carbonyl (C=O) groups excluding carboxylic acids is 1. The van der Waals surface area contributed by atoms with Gasteiger partial charge >= 0.3 is 0 Å². The Balaban J connectivity index is 0.00000361. The molecule has 0 atom stereocenters. The Hall–Kier alpha value is -2.95. The molecule has 0 fully saturated rings. The highest BCUT2D eigenvalue weighted by Gasteiger charge is 2.26. The van der Waals surface area contributed by atoms with E-state index in [1.165, 1.54) is 11.3 Å². The van der Waals surface area contributed by atoms with E-state index in [0.717, 1.165) is 10.2 Å². The van der Waals surface area contributed by atoms with E-state index >= 15 is 0 Å². The molecule has 9 nitrogen and oxygen atoms in total. The van der Waals surface area contributed by atoms with Crippen LogP contribution in [0.1, 0.15) is 31.1 Å². The highest BCUT2D eigenvalue weighted by atomic mass is 35.5. The van der Waals surface area contributed by atoms with E-state index < -0.39 is 0 Å². The summed E-state index contributed by atoms with van der Waals surface area (Å²) >= 11 is 1.44. The molecule has 36 heavy (non-hydrogen) atoms. The largest absolute Gasteiger partial charge is 0.490 e. The van der Waals surface area contributed by atoms with Gasteiger partial charge in [0.05, 0.1) is 30.0 Å². The topological polar surface area (TPSA) is 82.6 Å². The second-order valence-electron chi connectivity index (χ2n) is 8.03. The molecule has 2 heterocycles. The van der Waals surface area contributed by atoms with Crippen LogP contribution in [0.15, 0.2) is 24.3 Å². The van der Waals surface area contributed by atoms with Crippen molar-refractivity contribution in [2.75, 3.05) is 58.7 Å². The summed E-state index contributed by atoms with van der Waals surface area (Å²) in [7, 11) is 3.94. The van der Waals surface area contributed by atoms with Gasteiger partial charge in [0, 0.05) is 30.8 Å². The first kappa shape index (κ1) is 27.6. The second-order valence-corrected chi connectivity index (χ2v) is 9.04. The Morgan fingerprint density at radius 3 is 2.14 bits per heavy atom. The van der Waals surface area contributed by atoms with Gasteiger partial charge in [-0.05, 0) is 47.0 Å². The minimum absolute atomic E-state index is 0. The molecular weight excluding hydrogens is 506 g/mol. The highest BCUT2D eigenvalue weighted by Crippen LogP contribution is 2.42. The number of likely N-dealkylation sites (N-methyl/N-ethyl adjacent to an activating group) is 1. The number of thiazole rings is 1. The molecule has 0 aliphatic carbocycles. The lowest BCUT2D eigenvalue weighted by Gasteiger charge is -2.23. The lowest BCUT2D eigenvalue weighted by atomic mass is 10.1. The Morgan fingerprint density at radius 1 is 0.944 bits per heavy atom. The van der Waals surface area contributed by atoms with E-state index in [-0.39, 0.29) is 25.1 Å². The zero-order valence-corrected chi connectivity index (χ0v) is 22.8. The number of benzene rings is 2. The summed E-state index contributed by atoms with van der Waals surface area (Å²) in [4.78, 5) is 22.4. The molecule has 0 radical (unpaired) electrons. The monoisotopic (exact) mass is 537 g/mol. The van der Waals surface area contributed by atoms with Crippen LogP contribution in [0.3, 0.4) is 0 Å². The number of halogens is 1. The summed E-state index contributed by atoms with van der Waals surface area (Å²) in [5.41, 5.74) is 1.20. The number of rotatable bonds is 11. The van der Waals surface area contributed by atoms with Crippen molar-refractivity contribution in [3.05, 3.63) is 29.8 Å². The van der Waals surface area contributed by atoms with Crippen LogP contribution in [-0.4, -0.2) is 69.6 Å². The Labute approximate surface area is 221 Å². The average Bonchev–Trinajstić information content (AvgIpc) is 3.45. The SMILES string of the molecule is CCOc1cc(C(=O)N(CCN(C)C)c2nc3cc4c(cc3s2)OCO4)cc(OCC)c1OCC.Cl. The third-order valence-corrected chi connectivity index (χ3v) is 6.32. The van der Waals surface area contributed by atoms with Crippen LogP contribution in [0, 0.1) is 0 Å². The molecule has 1 aliphatic rings. The maximum absolute atomic E-state index is 13.9. The van der Waals surface area contributed by atoms with Crippen molar-refractivity contribution in [1.29, 1.82) is 0 Å². The molecule has 4 rings (SSSR count). The summed E-state index contributed by atoms with van der Waals surface area (Å²) < 4.78 is 29.3. The van der Waals surface area contributed by atoms with Crippen LogP contribution in [0.25, 0.3) is 10.2 Å². The van der Waals surface area contributed by atoms with Crippen molar-refractivity contribution >= 4 is 45.0 Å². The lowest BCUT2D eigenvalue weighted by Crippen LogP contribution is -2.36. The van der Waals surface area contributed by atoms with E-state index in [9.17, 15) is 4.79 Å². The van der Waals surface area contributed by atoms with Crippen LogP contribution in [0.4, 0.5) is 5.13 Å². The molecule has 3 aromatic rings. The predicted molar refractivity (Wildman–Crippen MR) is 143 cm³/mol. The van der Waals surface area contributed by atoms with Crippen molar-refractivity contribution in [2.24, 2.45) is 0 Å². The number of anilines is 1. The molecule has 2 aromatic carbocycles. The summed E-state index contributed by atoms with van der Waals surface area (Å²) in [5, 5.41) is 0.598. The van der Waals surface area contributed by atoms with Gasteiger partial charge in [-0.3, -0.25) is 9.69 Å². The van der Waals surface area contributed by atoms with Crippen LogP contribution in [0.5, 0.6) is 28.7 Å². The average molecular weight is 538 g/mol. The molecule has 0 N–H and O–H groups in total. The lowest BCUT2D eigenvalue weighted by molar-refractivity contribution is 0.0984. The zero-order valence-electron chi connectivity index (χ0n) is 21.2. The van der Waals surface area contributed by atoms with Crippen molar-refractivity contribution in [3.63, 3.8) is 0 Å². The Bertz CT molecular complexity index is 1130. The van der Waals surface area contributed by atoms with Gasteiger partial charge in [0.1, 0.15) is 0 Å². The number of carbonyl (C=O) groups is 1. The Morgan fingerprint density at radius 2 is 1.56 bits per heavy atom. The number of fused-ring (bicyclic) bond motifs is 2. The first-order valence-corrected chi connectivity index (χ1v) is 12.5. The quantitative estimate of drug-likeness (QED) is 0.343. The molecule has 0 saturated heterocycles. The molecule has 1 aliphatic heterocycles. The maximum atomic E-state index is 13.9. The summed E-state index contributed by atoms with van der Waals surface area (Å²) in [6.07, 6.45) is 0. The number of nitrogens with zero attached hydrogens (tertiary/aromatic N) is 3. The molecule has 0 saturated carbocycles. The van der Waals surface area contributed by atoms with Crippen LogP contribution >= 0.6 is 23.7 Å².